The Kier molecular flexibility index (Phi) is 5.03. The fourth-order valence-corrected chi connectivity index (χ4v) is 3.32. The normalized spacial score (nSPS) is 20.9. The van der Waals surface area contributed by atoms with E-state index in [-0.39, 0.29) is 11.9 Å². The van der Waals surface area contributed by atoms with Crippen LogP contribution in [-0.2, 0) is 4.79 Å². The van der Waals surface area contributed by atoms with Gasteiger partial charge < -0.3 is 10.6 Å². The van der Waals surface area contributed by atoms with E-state index < -0.39 is 0 Å². The molecule has 0 radical (unpaired) electrons. The van der Waals surface area contributed by atoms with Gasteiger partial charge in [-0.15, -0.1) is 11.3 Å². The molecule has 2 atom stereocenters. The van der Waals surface area contributed by atoms with Crippen molar-refractivity contribution in [1.82, 2.24) is 10.6 Å². The van der Waals surface area contributed by atoms with Gasteiger partial charge in [0.25, 0.3) is 0 Å². The minimum absolute atomic E-state index is 0.0477. The average Bonchev–Trinajstić information content (AvgIpc) is 2.97. The molecule has 1 aliphatic rings. The topological polar surface area (TPSA) is 41.1 Å². The zero-order valence-electron chi connectivity index (χ0n) is 10.5. The molecule has 1 aromatic rings. The molecule has 18 heavy (non-hydrogen) atoms. The second-order valence-electron chi connectivity index (χ2n) is 4.76. The number of halogens is 1. The molecule has 1 amide bonds. The highest BCUT2D eigenvalue weighted by molar-refractivity contribution is 7.16. The second kappa shape index (κ2) is 6.55. The maximum Gasteiger partial charge on any atom is 0.220 e. The van der Waals surface area contributed by atoms with Gasteiger partial charge in [0.1, 0.15) is 0 Å². The van der Waals surface area contributed by atoms with Crippen LogP contribution in [0.3, 0.4) is 0 Å². The summed E-state index contributed by atoms with van der Waals surface area (Å²) in [5.74, 6) is 0.126. The molecule has 2 heterocycles. The van der Waals surface area contributed by atoms with Gasteiger partial charge in [-0.3, -0.25) is 4.79 Å². The van der Waals surface area contributed by atoms with E-state index in [1.807, 2.05) is 19.1 Å². The zero-order valence-corrected chi connectivity index (χ0v) is 12.1. The molecule has 100 valence electrons. The monoisotopic (exact) mass is 286 g/mol. The number of carbonyl (C=O) groups is 1. The lowest BCUT2D eigenvalue weighted by atomic mass is 10.1. The molecular formula is C13H19ClN2OS. The number of amides is 1. The van der Waals surface area contributed by atoms with Crippen molar-refractivity contribution in [3.8, 4) is 0 Å². The molecule has 2 rings (SSSR count). The van der Waals surface area contributed by atoms with Crippen LogP contribution >= 0.6 is 22.9 Å². The van der Waals surface area contributed by atoms with E-state index >= 15 is 0 Å². The van der Waals surface area contributed by atoms with E-state index in [0.717, 1.165) is 22.2 Å². The van der Waals surface area contributed by atoms with E-state index in [4.69, 9.17) is 11.6 Å². The highest BCUT2D eigenvalue weighted by Gasteiger charge is 2.16. The Morgan fingerprint density at radius 1 is 1.67 bits per heavy atom. The first-order chi connectivity index (χ1) is 8.65. The van der Waals surface area contributed by atoms with Crippen LogP contribution < -0.4 is 10.6 Å². The Bertz CT molecular complexity index is 401. The van der Waals surface area contributed by atoms with Crippen molar-refractivity contribution < 1.29 is 4.79 Å². The Morgan fingerprint density at radius 2 is 2.50 bits per heavy atom. The third kappa shape index (κ3) is 3.97. The van der Waals surface area contributed by atoms with Crippen LogP contribution in [0.5, 0.6) is 0 Å². The Hall–Kier alpha value is -0.580. The number of nitrogens with one attached hydrogen (secondary N) is 2. The predicted octanol–water partition coefficient (Wildman–Crippen LogP) is 3.11. The van der Waals surface area contributed by atoms with Gasteiger partial charge in [0.15, 0.2) is 0 Å². The van der Waals surface area contributed by atoms with Gasteiger partial charge in [-0.25, -0.2) is 0 Å². The number of thiophene rings is 1. The van der Waals surface area contributed by atoms with Crippen LogP contribution in [0.15, 0.2) is 12.1 Å². The van der Waals surface area contributed by atoms with E-state index in [1.54, 1.807) is 0 Å². The summed E-state index contributed by atoms with van der Waals surface area (Å²) in [6.45, 7) is 3.09. The maximum atomic E-state index is 11.8. The Balaban J connectivity index is 1.73. The van der Waals surface area contributed by atoms with Gasteiger partial charge in [0.2, 0.25) is 5.91 Å². The molecule has 0 spiro atoms. The summed E-state index contributed by atoms with van der Waals surface area (Å²) in [4.78, 5) is 12.9. The van der Waals surface area contributed by atoms with Gasteiger partial charge >= 0.3 is 0 Å². The minimum Gasteiger partial charge on any atom is -0.349 e. The molecule has 2 unspecified atom stereocenters. The smallest absolute Gasteiger partial charge is 0.220 e. The summed E-state index contributed by atoms with van der Waals surface area (Å²) in [5, 5.41) is 6.42. The molecule has 0 bridgehead atoms. The van der Waals surface area contributed by atoms with Crippen molar-refractivity contribution >= 4 is 28.8 Å². The van der Waals surface area contributed by atoms with Gasteiger partial charge in [-0.05, 0) is 44.9 Å². The van der Waals surface area contributed by atoms with Crippen molar-refractivity contribution in [2.24, 2.45) is 0 Å². The SMILES string of the molecule is CC(NC(=O)CCC1CCCN1)c1ccc(Cl)s1. The van der Waals surface area contributed by atoms with E-state index in [9.17, 15) is 4.79 Å². The van der Waals surface area contributed by atoms with Crippen molar-refractivity contribution in [3.63, 3.8) is 0 Å². The van der Waals surface area contributed by atoms with E-state index in [2.05, 4.69) is 10.6 Å². The number of rotatable bonds is 5. The zero-order chi connectivity index (χ0) is 13.0. The van der Waals surface area contributed by atoms with Crippen molar-refractivity contribution in [2.45, 2.75) is 44.7 Å². The largest absolute Gasteiger partial charge is 0.349 e. The van der Waals surface area contributed by atoms with Crippen LogP contribution in [0.2, 0.25) is 4.34 Å². The van der Waals surface area contributed by atoms with Crippen molar-refractivity contribution in [2.75, 3.05) is 6.54 Å². The molecule has 0 aromatic carbocycles. The summed E-state index contributed by atoms with van der Waals surface area (Å²) in [6, 6.07) is 4.41. The molecule has 3 nitrogen and oxygen atoms in total. The summed E-state index contributed by atoms with van der Waals surface area (Å²) >= 11 is 7.41. The lowest BCUT2D eigenvalue weighted by Crippen LogP contribution is -2.29. The Labute approximate surface area is 117 Å². The summed E-state index contributed by atoms with van der Waals surface area (Å²) < 4.78 is 0.765. The number of carbonyl (C=O) groups excluding carboxylic acids is 1. The molecular weight excluding hydrogens is 268 g/mol. The molecule has 2 N–H and O–H groups in total. The Morgan fingerprint density at radius 3 is 3.11 bits per heavy atom. The minimum atomic E-state index is 0.0477. The maximum absolute atomic E-state index is 11.8. The van der Waals surface area contributed by atoms with Crippen LogP contribution in [0, 0.1) is 0 Å². The lowest BCUT2D eigenvalue weighted by Gasteiger charge is -2.14. The number of hydrogen-bond acceptors (Lipinski definition) is 3. The second-order valence-corrected chi connectivity index (χ2v) is 6.51. The molecule has 1 fully saturated rings. The quantitative estimate of drug-likeness (QED) is 0.873. The van der Waals surface area contributed by atoms with Gasteiger partial charge in [0.05, 0.1) is 10.4 Å². The summed E-state index contributed by atoms with van der Waals surface area (Å²) in [7, 11) is 0. The average molecular weight is 287 g/mol. The van der Waals surface area contributed by atoms with Gasteiger partial charge in [-0.1, -0.05) is 11.6 Å². The van der Waals surface area contributed by atoms with E-state index in [1.165, 1.54) is 24.2 Å². The summed E-state index contributed by atoms with van der Waals surface area (Å²) in [5.41, 5.74) is 0. The van der Waals surface area contributed by atoms with Gasteiger partial charge in [-0.2, -0.15) is 0 Å². The molecule has 0 aliphatic carbocycles. The van der Waals surface area contributed by atoms with Crippen LogP contribution in [0.4, 0.5) is 0 Å². The van der Waals surface area contributed by atoms with E-state index in [0.29, 0.717) is 12.5 Å². The first-order valence-electron chi connectivity index (χ1n) is 6.43. The highest BCUT2D eigenvalue weighted by Crippen LogP contribution is 2.26. The number of hydrogen-bond donors (Lipinski definition) is 2. The highest BCUT2D eigenvalue weighted by atomic mass is 35.5. The summed E-state index contributed by atoms with van der Waals surface area (Å²) in [6.07, 6.45) is 3.96. The molecule has 1 aromatic heterocycles. The first kappa shape index (κ1) is 13.8. The van der Waals surface area contributed by atoms with Crippen LogP contribution in [0.1, 0.15) is 43.5 Å². The molecule has 5 heteroatoms. The van der Waals surface area contributed by atoms with Crippen LogP contribution in [0.25, 0.3) is 0 Å². The predicted molar refractivity (Wildman–Crippen MR) is 76.1 cm³/mol. The van der Waals surface area contributed by atoms with Crippen LogP contribution in [-0.4, -0.2) is 18.5 Å². The third-order valence-corrected chi connectivity index (χ3v) is 4.69. The van der Waals surface area contributed by atoms with Gasteiger partial charge in [0, 0.05) is 17.3 Å². The standard InChI is InChI=1S/C13H19ClN2OS/c1-9(11-5-6-12(14)18-11)16-13(17)7-4-10-3-2-8-15-10/h5-6,9-10,15H,2-4,7-8H2,1H3,(H,16,17). The fraction of sp³-hybridized carbons (Fsp3) is 0.615. The molecule has 1 saturated heterocycles. The first-order valence-corrected chi connectivity index (χ1v) is 7.62. The lowest BCUT2D eigenvalue weighted by molar-refractivity contribution is -0.121. The molecule has 1 aliphatic heterocycles. The third-order valence-electron chi connectivity index (χ3n) is 3.28. The fourth-order valence-electron chi connectivity index (χ4n) is 2.25. The van der Waals surface area contributed by atoms with Crippen molar-refractivity contribution in [3.05, 3.63) is 21.3 Å². The molecule has 0 saturated carbocycles. The van der Waals surface area contributed by atoms with Crippen molar-refractivity contribution in [1.29, 1.82) is 0 Å².